The maximum Gasteiger partial charge on any atom is 0.0143 e. The summed E-state index contributed by atoms with van der Waals surface area (Å²) in [6, 6.07) is 9.23. The molecule has 0 fully saturated rings. The minimum atomic E-state index is 0. The molecule has 0 spiro atoms. The van der Waals surface area contributed by atoms with E-state index in [1.807, 2.05) is 0 Å². The third-order valence-electron chi connectivity index (χ3n) is 2.83. The molecule has 1 nitrogen and oxygen atoms in total. The van der Waals surface area contributed by atoms with Crippen LogP contribution >= 0.6 is 12.4 Å². The zero-order valence-electron chi connectivity index (χ0n) is 9.29. The van der Waals surface area contributed by atoms with Gasteiger partial charge in [0.15, 0.2) is 0 Å². The Hall–Kier alpha value is -0.790. The lowest BCUT2D eigenvalue weighted by molar-refractivity contribution is 0.579. The predicted molar refractivity (Wildman–Crippen MR) is 68.5 cm³/mol. The lowest BCUT2D eigenvalue weighted by atomic mass is 9.93. The van der Waals surface area contributed by atoms with E-state index in [2.05, 4.69) is 49.5 Å². The Kier molecular flexibility index (Phi) is 4.37. The molecule has 1 atom stereocenters. The van der Waals surface area contributed by atoms with Gasteiger partial charge < -0.3 is 5.32 Å². The Bertz CT molecular complexity index is 357. The van der Waals surface area contributed by atoms with Crippen molar-refractivity contribution in [2.24, 2.45) is 0 Å². The number of hydrogen-bond acceptors (Lipinski definition) is 1. The molecular formula is C13H18ClN. The molecule has 0 amide bonds. The quantitative estimate of drug-likeness (QED) is 0.771. The van der Waals surface area contributed by atoms with Crippen LogP contribution in [0.5, 0.6) is 0 Å². The van der Waals surface area contributed by atoms with Gasteiger partial charge in [0.25, 0.3) is 0 Å². The molecule has 1 aromatic carbocycles. The Balaban J connectivity index is 0.00000112. The van der Waals surface area contributed by atoms with Gasteiger partial charge in [0.05, 0.1) is 0 Å². The van der Waals surface area contributed by atoms with Crippen molar-refractivity contribution in [1.29, 1.82) is 0 Å². The van der Waals surface area contributed by atoms with E-state index in [1.54, 1.807) is 0 Å². The van der Waals surface area contributed by atoms with Crippen LogP contribution in [-0.4, -0.2) is 12.6 Å². The summed E-state index contributed by atoms with van der Waals surface area (Å²) < 4.78 is 0. The monoisotopic (exact) mass is 223 g/mol. The molecule has 0 radical (unpaired) electrons. The van der Waals surface area contributed by atoms with E-state index >= 15 is 0 Å². The van der Waals surface area contributed by atoms with Crippen LogP contribution in [0.15, 0.2) is 30.3 Å². The van der Waals surface area contributed by atoms with E-state index in [4.69, 9.17) is 0 Å². The summed E-state index contributed by atoms with van der Waals surface area (Å²) in [7, 11) is 0. The molecule has 1 aliphatic rings. The normalized spacial score (nSPS) is 20.4. The Morgan fingerprint density at radius 2 is 2.00 bits per heavy atom. The highest BCUT2D eigenvalue weighted by atomic mass is 35.5. The van der Waals surface area contributed by atoms with Crippen molar-refractivity contribution < 1.29 is 0 Å². The molecule has 82 valence electrons. The summed E-state index contributed by atoms with van der Waals surface area (Å²) in [4.78, 5) is 0. The van der Waals surface area contributed by atoms with Gasteiger partial charge in [-0.1, -0.05) is 30.3 Å². The van der Waals surface area contributed by atoms with E-state index in [0.717, 1.165) is 13.0 Å². The molecule has 1 aromatic rings. The Morgan fingerprint density at radius 1 is 1.27 bits per heavy atom. The van der Waals surface area contributed by atoms with Gasteiger partial charge in [-0.15, -0.1) is 12.4 Å². The van der Waals surface area contributed by atoms with Crippen LogP contribution in [0.1, 0.15) is 24.5 Å². The van der Waals surface area contributed by atoms with Crippen molar-refractivity contribution >= 4 is 18.0 Å². The van der Waals surface area contributed by atoms with E-state index in [1.165, 1.54) is 16.7 Å². The number of halogens is 1. The second kappa shape index (κ2) is 5.34. The van der Waals surface area contributed by atoms with Gasteiger partial charge in [0.1, 0.15) is 0 Å². The number of hydrogen-bond donors (Lipinski definition) is 1. The highest BCUT2D eigenvalue weighted by Crippen LogP contribution is 2.24. The van der Waals surface area contributed by atoms with Crippen LogP contribution in [0.3, 0.4) is 0 Å². The average Bonchev–Trinajstić information content (AvgIpc) is 2.18. The number of aryl methyl sites for hydroxylation is 1. The van der Waals surface area contributed by atoms with Gasteiger partial charge in [-0.3, -0.25) is 0 Å². The number of nitrogens with one attached hydrogen (secondary N) is 1. The van der Waals surface area contributed by atoms with Crippen LogP contribution in [0, 0.1) is 6.92 Å². The van der Waals surface area contributed by atoms with Crippen molar-refractivity contribution in [2.75, 3.05) is 6.54 Å². The molecule has 0 aromatic heterocycles. The SMILES string of the molecule is Cc1ccccc1C1=CCNC(C)C1.Cl. The predicted octanol–water partition coefficient (Wildman–Crippen LogP) is 3.18. The molecule has 1 N–H and O–H groups in total. The summed E-state index contributed by atoms with van der Waals surface area (Å²) in [6.07, 6.45) is 3.45. The molecule has 1 unspecified atom stereocenters. The van der Waals surface area contributed by atoms with Crippen molar-refractivity contribution in [1.82, 2.24) is 5.32 Å². The standard InChI is InChI=1S/C13H17N.ClH/c1-10-5-3-4-6-13(10)12-7-8-14-11(2)9-12;/h3-7,11,14H,8-9H2,1-2H3;1H. The molecule has 0 aliphatic carbocycles. The highest BCUT2D eigenvalue weighted by molar-refractivity contribution is 5.85. The lowest BCUT2D eigenvalue weighted by Crippen LogP contribution is -2.29. The van der Waals surface area contributed by atoms with Gasteiger partial charge in [-0.25, -0.2) is 0 Å². The van der Waals surface area contributed by atoms with Crippen LogP contribution in [0.4, 0.5) is 0 Å². The fourth-order valence-electron chi connectivity index (χ4n) is 2.02. The van der Waals surface area contributed by atoms with Crippen molar-refractivity contribution in [3.8, 4) is 0 Å². The minimum absolute atomic E-state index is 0. The Morgan fingerprint density at radius 3 is 2.67 bits per heavy atom. The summed E-state index contributed by atoms with van der Waals surface area (Å²) in [5.74, 6) is 0. The van der Waals surface area contributed by atoms with E-state index < -0.39 is 0 Å². The molecule has 0 saturated heterocycles. The molecular weight excluding hydrogens is 206 g/mol. The molecule has 1 heterocycles. The third kappa shape index (κ3) is 2.83. The fraction of sp³-hybridized carbons (Fsp3) is 0.385. The highest BCUT2D eigenvalue weighted by Gasteiger charge is 2.12. The maximum absolute atomic E-state index is 3.42. The first-order valence-corrected chi connectivity index (χ1v) is 5.26. The van der Waals surface area contributed by atoms with Crippen molar-refractivity contribution in [2.45, 2.75) is 26.3 Å². The first-order valence-electron chi connectivity index (χ1n) is 5.26. The molecule has 0 saturated carbocycles. The smallest absolute Gasteiger partial charge is 0.0143 e. The summed E-state index contributed by atoms with van der Waals surface area (Å²) in [5, 5.41) is 3.42. The first-order chi connectivity index (χ1) is 6.77. The van der Waals surface area contributed by atoms with Gasteiger partial charge in [-0.05, 0) is 37.0 Å². The summed E-state index contributed by atoms with van der Waals surface area (Å²) in [5.41, 5.74) is 4.29. The minimum Gasteiger partial charge on any atom is -0.310 e. The van der Waals surface area contributed by atoms with Gasteiger partial charge in [0.2, 0.25) is 0 Å². The zero-order chi connectivity index (χ0) is 9.97. The molecule has 1 aliphatic heterocycles. The van der Waals surface area contributed by atoms with Crippen LogP contribution < -0.4 is 5.32 Å². The summed E-state index contributed by atoms with van der Waals surface area (Å²) in [6.45, 7) is 5.43. The van der Waals surface area contributed by atoms with Crippen LogP contribution in [0.2, 0.25) is 0 Å². The maximum atomic E-state index is 3.42. The Labute approximate surface area is 98.0 Å². The summed E-state index contributed by atoms with van der Waals surface area (Å²) >= 11 is 0. The molecule has 15 heavy (non-hydrogen) atoms. The topological polar surface area (TPSA) is 12.0 Å². The third-order valence-corrected chi connectivity index (χ3v) is 2.83. The largest absolute Gasteiger partial charge is 0.310 e. The van der Waals surface area contributed by atoms with Crippen molar-refractivity contribution in [3.63, 3.8) is 0 Å². The van der Waals surface area contributed by atoms with Gasteiger partial charge in [0, 0.05) is 12.6 Å². The lowest BCUT2D eigenvalue weighted by Gasteiger charge is -2.21. The van der Waals surface area contributed by atoms with E-state index in [0.29, 0.717) is 6.04 Å². The van der Waals surface area contributed by atoms with Crippen LogP contribution in [0.25, 0.3) is 5.57 Å². The number of rotatable bonds is 1. The molecule has 0 bridgehead atoms. The van der Waals surface area contributed by atoms with E-state index in [9.17, 15) is 0 Å². The molecule has 2 rings (SSSR count). The zero-order valence-corrected chi connectivity index (χ0v) is 10.1. The molecule has 2 heteroatoms. The van der Waals surface area contributed by atoms with Crippen LogP contribution in [-0.2, 0) is 0 Å². The second-order valence-corrected chi connectivity index (χ2v) is 4.06. The van der Waals surface area contributed by atoms with Crippen molar-refractivity contribution in [3.05, 3.63) is 41.5 Å². The average molecular weight is 224 g/mol. The number of benzene rings is 1. The van der Waals surface area contributed by atoms with Gasteiger partial charge >= 0.3 is 0 Å². The fourth-order valence-corrected chi connectivity index (χ4v) is 2.02. The van der Waals surface area contributed by atoms with Gasteiger partial charge in [-0.2, -0.15) is 0 Å². The van der Waals surface area contributed by atoms with E-state index in [-0.39, 0.29) is 12.4 Å². The first kappa shape index (κ1) is 12.3. The second-order valence-electron chi connectivity index (χ2n) is 4.06.